The van der Waals surface area contributed by atoms with Gasteiger partial charge in [-0.2, -0.15) is 86.4 Å². The number of aromatic nitrogens is 6. The minimum absolute atomic E-state index is 0.00425. The molecule has 0 amide bonds. The monoisotopic (exact) mass is 1200 g/mol. The van der Waals surface area contributed by atoms with E-state index in [2.05, 4.69) is 95.3 Å². The first-order chi connectivity index (χ1) is 42.3. The Labute approximate surface area is 508 Å². The molecule has 88 heavy (non-hydrogen) atoms. The molecule has 0 radical (unpaired) electrons. The van der Waals surface area contributed by atoms with E-state index in [1.54, 1.807) is 48.5 Å². The molecule has 0 atom stereocenters. The molecule has 1 fully saturated rings. The maximum atomic E-state index is 9.93. The van der Waals surface area contributed by atoms with Gasteiger partial charge in [-0.1, -0.05) is 6.07 Å². The second-order valence-corrected chi connectivity index (χ2v) is 19.4. The molecule has 1 saturated heterocycles. The van der Waals surface area contributed by atoms with Crippen LogP contribution in [-0.2, 0) is 9.31 Å². The first kappa shape index (κ1) is 59.6. The molecule has 4 aromatic carbocycles. The highest BCUT2D eigenvalue weighted by molar-refractivity contribution is 6.62. The third-order valence-corrected chi connectivity index (χ3v) is 13.5. The summed E-state index contributed by atoms with van der Waals surface area (Å²) in [5.41, 5.74) is 0.197. The molecule has 5 aliphatic rings. The zero-order valence-corrected chi connectivity index (χ0v) is 47.0. The Balaban J connectivity index is 0.000000164. The Morgan fingerprint density at radius 3 is 1.03 bits per heavy atom. The summed E-state index contributed by atoms with van der Waals surface area (Å²) in [5.74, 6) is -0.703. The first-order valence-electron chi connectivity index (χ1n) is 24.2. The average molecular weight is 1210 g/mol. The molecule has 6 aromatic rings. The van der Waals surface area contributed by atoms with Gasteiger partial charge in [-0.3, -0.25) is 0 Å². The molecule has 2 aromatic heterocycles. The van der Waals surface area contributed by atoms with Crippen molar-refractivity contribution in [1.29, 1.82) is 42.1 Å². The minimum atomic E-state index is -0.700. The first-order valence-corrected chi connectivity index (χ1v) is 25.4. The zero-order chi connectivity index (χ0) is 63.4. The Hall–Kier alpha value is -13.0. The number of allylic oxidation sites excluding steroid dienone is 2. The van der Waals surface area contributed by atoms with Gasteiger partial charge < -0.3 is 9.31 Å². The molecular weight excluding hydrogens is 1190 g/mol. The van der Waals surface area contributed by atoms with Crippen LogP contribution in [-0.4, -0.2) is 48.2 Å². The molecule has 0 unspecified atom stereocenters. The molecular formula is C56H20BCl3N26O2. The number of benzene rings is 4. The normalized spacial score (nSPS) is 13.7. The summed E-state index contributed by atoms with van der Waals surface area (Å²) in [6.45, 7) is 36.0. The number of hydrogen-bond acceptors (Lipinski definition) is 24. The maximum absolute atomic E-state index is 9.93. The van der Waals surface area contributed by atoms with Crippen molar-refractivity contribution < 1.29 is 9.31 Å². The van der Waals surface area contributed by atoms with Gasteiger partial charge in [0.25, 0.3) is 0 Å². The van der Waals surface area contributed by atoms with E-state index in [9.17, 15) is 21.0 Å². The van der Waals surface area contributed by atoms with Crippen LogP contribution in [0.25, 0.3) is 53.5 Å². The molecule has 0 aliphatic carbocycles. The molecule has 5 aliphatic heterocycles. The number of fused-ring (bicyclic) bond motifs is 4. The lowest BCUT2D eigenvalue weighted by atomic mass is 9.76. The van der Waals surface area contributed by atoms with Crippen LogP contribution in [0.15, 0.2) is 135 Å². The average Bonchev–Trinajstić information content (AvgIpc) is 1.88. The third kappa shape index (κ3) is 10.9. The largest absolute Gasteiger partial charge is 0.564 e. The van der Waals surface area contributed by atoms with Gasteiger partial charge >= 0.3 is 18.8 Å². The molecule has 7 heterocycles. The molecule has 0 saturated carbocycles. The van der Waals surface area contributed by atoms with Crippen molar-refractivity contribution >= 4 is 47.4 Å². The van der Waals surface area contributed by atoms with Crippen LogP contribution in [0.4, 0.5) is 0 Å². The van der Waals surface area contributed by atoms with E-state index < -0.39 is 18.3 Å². The number of halogens is 3. The molecule has 0 N–H and O–H groups in total. The van der Waals surface area contributed by atoms with Gasteiger partial charge in [-0.25, -0.2) is 44.9 Å². The number of nitriles is 8. The summed E-state index contributed by atoms with van der Waals surface area (Å²) in [6.07, 6.45) is 0. The highest BCUT2D eigenvalue weighted by Gasteiger charge is 2.52. The van der Waals surface area contributed by atoms with E-state index in [0.717, 1.165) is 0 Å². The molecule has 0 bridgehead atoms. The lowest BCUT2D eigenvalue weighted by molar-refractivity contribution is 0.00578. The van der Waals surface area contributed by atoms with Crippen molar-refractivity contribution in [2.24, 2.45) is 39.9 Å². The summed E-state index contributed by atoms with van der Waals surface area (Å²) in [7, 11) is -0.700. The number of nitrogens with zero attached hydrogens (tertiary/aromatic N) is 26. The lowest BCUT2D eigenvalue weighted by Crippen LogP contribution is -2.42. The van der Waals surface area contributed by atoms with Crippen molar-refractivity contribution in [3.8, 4) is 82.7 Å². The van der Waals surface area contributed by atoms with Crippen LogP contribution in [0.2, 0.25) is 15.9 Å². The lowest BCUT2D eigenvalue weighted by Gasteiger charge is -2.32. The van der Waals surface area contributed by atoms with Crippen molar-refractivity contribution in [3.05, 3.63) is 221 Å². The smallest absolute Gasteiger partial charge is 0.399 e. The Kier molecular flexibility index (Phi) is 16.3. The fraction of sp³-hybridized carbons (Fsp3) is 0.107. The maximum Gasteiger partial charge on any atom is 0.564 e. The van der Waals surface area contributed by atoms with Gasteiger partial charge in [0.15, 0.2) is 40.3 Å². The highest BCUT2D eigenvalue weighted by Crippen LogP contribution is 2.37. The van der Waals surface area contributed by atoms with Gasteiger partial charge in [0.1, 0.15) is 96.3 Å². The molecule has 11 rings (SSSR count). The van der Waals surface area contributed by atoms with Crippen molar-refractivity contribution in [1.82, 2.24) is 29.9 Å². The Morgan fingerprint density at radius 2 is 0.705 bits per heavy atom. The van der Waals surface area contributed by atoms with E-state index >= 15 is 0 Å². The quantitative estimate of drug-likeness (QED) is 0.138. The van der Waals surface area contributed by atoms with Crippen molar-refractivity contribution in [2.75, 3.05) is 0 Å². The van der Waals surface area contributed by atoms with E-state index in [1.165, 1.54) is 24.3 Å². The predicted molar refractivity (Wildman–Crippen MR) is 298 cm³/mol. The van der Waals surface area contributed by atoms with E-state index in [0.29, 0.717) is 32.5 Å². The van der Waals surface area contributed by atoms with E-state index in [4.69, 9.17) is 91.4 Å². The summed E-state index contributed by atoms with van der Waals surface area (Å²) in [6, 6.07) is 27.7. The third-order valence-electron chi connectivity index (χ3n) is 13.0. The van der Waals surface area contributed by atoms with Crippen LogP contribution in [0.3, 0.4) is 0 Å². The summed E-state index contributed by atoms with van der Waals surface area (Å²) >= 11 is 17.7. The van der Waals surface area contributed by atoms with E-state index in [1.807, 2.05) is 45.9 Å². The predicted octanol–water partition coefficient (Wildman–Crippen LogP) is 3.64. The number of rotatable bonds is 4. The van der Waals surface area contributed by atoms with Gasteiger partial charge in [-0.05, 0) is 105 Å². The topological polar surface area (TPSA) is 402 Å². The minimum Gasteiger partial charge on any atom is -0.399 e. The van der Waals surface area contributed by atoms with Crippen LogP contribution in [0.5, 0.6) is 0 Å². The van der Waals surface area contributed by atoms with Gasteiger partial charge in [0.2, 0.25) is 27.5 Å². The van der Waals surface area contributed by atoms with Crippen LogP contribution < -0.4 is 48.3 Å². The van der Waals surface area contributed by atoms with Crippen LogP contribution in [0, 0.1) is 117 Å². The summed E-state index contributed by atoms with van der Waals surface area (Å²) < 4.78 is 12.0. The summed E-state index contributed by atoms with van der Waals surface area (Å²) in [5, 5.41) is 76.9. The number of hydrogen-bond donors (Lipinski definition) is 0. The second kappa shape index (κ2) is 24.1. The molecule has 410 valence electrons. The SMILES string of the molecule is N#CC(C#N)=C1N=c2ccc(-c3nc(Cl)nc(Cl)n3)c(C#N)c2=N1.[C-]#[N+]C([N+]#[C-])=C1N=c2ccc(-c3nc(Cl)nc(-c4ccc5c(c4C#N)=NC(=C(C#N)C#N)N=5)n3)c(C#N)c2=N1.[C-]#[N+]C([N+]#[C-])=C1N=c2ccc(B3OC(C)(C)C(C)(C)O3)c(C#N)c2=N1. The van der Waals surface area contributed by atoms with Crippen LogP contribution >= 0.6 is 34.8 Å². The van der Waals surface area contributed by atoms with Gasteiger partial charge in [0.05, 0.1) is 54.9 Å². The van der Waals surface area contributed by atoms with Gasteiger partial charge in [-0.15, -0.1) is 0 Å². The molecule has 32 heteroatoms. The summed E-state index contributed by atoms with van der Waals surface area (Å²) in [4.78, 5) is 70.0. The fourth-order valence-electron chi connectivity index (χ4n) is 8.27. The van der Waals surface area contributed by atoms with Crippen LogP contribution in [0.1, 0.15) is 49.9 Å². The highest BCUT2D eigenvalue weighted by atomic mass is 35.5. The standard InChI is InChI=1S/C25H4ClN13.C17H14BN5O2.C14H2Cl2N8/c1-31-23(32-2)24-34-17-6-4-13(15(10-30)19(17)36-24)22-37-21(38-25(26)39-22)12-3-5-16-18(14(12)9-29)35-20(33-16)11(7-27)8-28;1-16(2)17(3,4)25-18(24-16)11-7-8-12-13(10(11)9-19)23-15(22-12)14(20-5)21-6;15-13-22-12(23-14(16)24-13)7-1-2-9-10(8(7)5-19)21-11(20-9)6(3-17)4-18/h3-6H;7-8H,1-4H3;1-2H. The molecule has 28 nitrogen and oxygen atoms in total. The molecule has 0 spiro atoms. The second-order valence-electron chi connectivity index (χ2n) is 18.4. The Morgan fingerprint density at radius 1 is 0.409 bits per heavy atom. The van der Waals surface area contributed by atoms with Crippen molar-refractivity contribution in [3.63, 3.8) is 0 Å². The fourth-order valence-corrected chi connectivity index (χ4v) is 8.80. The van der Waals surface area contributed by atoms with Gasteiger partial charge in [0, 0.05) is 22.2 Å². The van der Waals surface area contributed by atoms with E-state index in [-0.39, 0.29) is 134 Å². The Bertz CT molecular complexity index is 5260. The van der Waals surface area contributed by atoms with Crippen molar-refractivity contribution in [2.45, 2.75) is 38.9 Å². The zero-order valence-electron chi connectivity index (χ0n) is 44.8.